The molecular formula is C15H19FO3. The highest BCUT2D eigenvalue weighted by molar-refractivity contribution is 6.09. The molecule has 1 rings (SSSR count). The van der Waals surface area contributed by atoms with Crippen LogP contribution in [-0.4, -0.2) is 18.4 Å². The molecule has 1 aromatic carbocycles. The van der Waals surface area contributed by atoms with Gasteiger partial charge in [0.05, 0.1) is 12.2 Å². The minimum absolute atomic E-state index is 0.0493. The number of hydrogen-bond donors (Lipinski definition) is 0. The van der Waals surface area contributed by atoms with E-state index in [1.165, 1.54) is 6.07 Å². The molecule has 0 aliphatic carbocycles. The van der Waals surface area contributed by atoms with E-state index in [4.69, 9.17) is 4.74 Å². The Kier molecular flexibility index (Phi) is 5.21. The minimum Gasteiger partial charge on any atom is -0.465 e. The molecule has 0 fully saturated rings. The molecule has 0 heterocycles. The Morgan fingerprint density at radius 2 is 1.95 bits per heavy atom. The summed E-state index contributed by atoms with van der Waals surface area (Å²) in [5.41, 5.74) is 0.337. The summed E-state index contributed by atoms with van der Waals surface area (Å²) >= 11 is 0. The maximum Gasteiger partial charge on any atom is 0.317 e. The second-order valence-corrected chi connectivity index (χ2v) is 4.77. The Morgan fingerprint density at radius 3 is 2.47 bits per heavy atom. The first-order valence-electron chi connectivity index (χ1n) is 6.36. The van der Waals surface area contributed by atoms with Crippen molar-refractivity contribution in [1.29, 1.82) is 0 Å². The van der Waals surface area contributed by atoms with Crippen molar-refractivity contribution in [3.63, 3.8) is 0 Å². The number of halogens is 1. The molecule has 0 saturated heterocycles. The Balaban J connectivity index is 3.13. The molecule has 0 saturated carbocycles. The Hall–Kier alpha value is -1.71. The molecule has 1 unspecified atom stereocenters. The molecule has 0 aliphatic heterocycles. The fraction of sp³-hybridized carbons (Fsp3) is 0.467. The van der Waals surface area contributed by atoms with Crippen LogP contribution < -0.4 is 0 Å². The molecule has 4 heteroatoms. The molecule has 0 amide bonds. The zero-order chi connectivity index (χ0) is 14.6. The molecule has 0 radical (unpaired) electrons. The summed E-state index contributed by atoms with van der Waals surface area (Å²) in [6.07, 6.45) is 0. The molecule has 1 aromatic rings. The lowest BCUT2D eigenvalue weighted by Crippen LogP contribution is -2.31. The number of carbonyl (C=O) groups is 2. The van der Waals surface area contributed by atoms with E-state index in [1.807, 2.05) is 0 Å². The first-order chi connectivity index (χ1) is 8.90. The molecule has 0 bridgehead atoms. The van der Waals surface area contributed by atoms with Crippen LogP contribution >= 0.6 is 0 Å². The van der Waals surface area contributed by atoms with Gasteiger partial charge in [-0.2, -0.15) is 0 Å². The molecular weight excluding hydrogens is 247 g/mol. The highest BCUT2D eigenvalue weighted by Gasteiger charge is 2.33. The molecule has 1 atom stereocenters. The number of aryl methyl sites for hydroxylation is 1. The summed E-state index contributed by atoms with van der Waals surface area (Å²) in [5, 5.41) is 0. The number of ketones is 1. The summed E-state index contributed by atoms with van der Waals surface area (Å²) < 4.78 is 18.8. The Labute approximate surface area is 112 Å². The maximum absolute atomic E-state index is 14.0. The first kappa shape index (κ1) is 15.3. The first-order valence-corrected chi connectivity index (χ1v) is 6.36. The van der Waals surface area contributed by atoms with Gasteiger partial charge in [-0.1, -0.05) is 26.0 Å². The van der Waals surface area contributed by atoms with Gasteiger partial charge in [-0.15, -0.1) is 0 Å². The second-order valence-electron chi connectivity index (χ2n) is 4.77. The molecule has 19 heavy (non-hydrogen) atoms. The largest absolute Gasteiger partial charge is 0.465 e. The van der Waals surface area contributed by atoms with Gasteiger partial charge in [-0.25, -0.2) is 4.39 Å². The van der Waals surface area contributed by atoms with E-state index >= 15 is 0 Å². The van der Waals surface area contributed by atoms with Gasteiger partial charge in [-0.3, -0.25) is 9.59 Å². The quantitative estimate of drug-likeness (QED) is 0.467. The maximum atomic E-state index is 14.0. The van der Waals surface area contributed by atoms with E-state index < -0.39 is 23.5 Å². The number of hydrogen-bond acceptors (Lipinski definition) is 3. The molecule has 0 spiro atoms. The summed E-state index contributed by atoms with van der Waals surface area (Å²) in [6.45, 7) is 6.94. The number of rotatable bonds is 5. The van der Waals surface area contributed by atoms with Gasteiger partial charge in [0.25, 0.3) is 0 Å². The zero-order valence-corrected chi connectivity index (χ0v) is 11.7. The summed E-state index contributed by atoms with van der Waals surface area (Å²) in [7, 11) is 0. The van der Waals surface area contributed by atoms with Gasteiger partial charge in [0, 0.05) is 0 Å². The number of benzene rings is 1. The van der Waals surface area contributed by atoms with E-state index in [0.29, 0.717) is 5.56 Å². The smallest absolute Gasteiger partial charge is 0.317 e. The normalized spacial score (nSPS) is 12.3. The van der Waals surface area contributed by atoms with Crippen molar-refractivity contribution in [3.05, 3.63) is 35.1 Å². The third-order valence-electron chi connectivity index (χ3n) is 2.95. The van der Waals surface area contributed by atoms with Crippen LogP contribution in [0.5, 0.6) is 0 Å². The van der Waals surface area contributed by atoms with Crippen LogP contribution in [0.25, 0.3) is 0 Å². The summed E-state index contributed by atoms with van der Waals surface area (Å²) in [6, 6.07) is 4.59. The van der Waals surface area contributed by atoms with Crippen molar-refractivity contribution < 1.29 is 18.7 Å². The van der Waals surface area contributed by atoms with Crippen LogP contribution in [0.15, 0.2) is 18.2 Å². The predicted molar refractivity (Wildman–Crippen MR) is 70.4 cm³/mol. The minimum atomic E-state index is -0.962. The average molecular weight is 266 g/mol. The molecule has 0 aromatic heterocycles. The standard InChI is InChI=1S/C15H19FO3/c1-5-19-15(18)12(9(2)3)14(17)11-8-6-7-10(4)13(11)16/h6-9,12H,5H2,1-4H3. The van der Waals surface area contributed by atoms with Gasteiger partial charge >= 0.3 is 5.97 Å². The Morgan fingerprint density at radius 1 is 1.32 bits per heavy atom. The van der Waals surface area contributed by atoms with Crippen LogP contribution in [0.3, 0.4) is 0 Å². The van der Waals surface area contributed by atoms with Crippen molar-refractivity contribution in [3.8, 4) is 0 Å². The van der Waals surface area contributed by atoms with Crippen molar-refractivity contribution in [1.82, 2.24) is 0 Å². The van der Waals surface area contributed by atoms with Crippen LogP contribution in [0.1, 0.15) is 36.7 Å². The lowest BCUT2D eigenvalue weighted by Gasteiger charge is -2.18. The van der Waals surface area contributed by atoms with Crippen molar-refractivity contribution in [2.45, 2.75) is 27.7 Å². The van der Waals surface area contributed by atoms with Crippen LogP contribution in [0.4, 0.5) is 4.39 Å². The fourth-order valence-corrected chi connectivity index (χ4v) is 1.92. The number of carbonyl (C=O) groups excluding carboxylic acids is 2. The number of Topliss-reactive ketones (excluding diaryl/α,β-unsaturated/α-hetero) is 1. The predicted octanol–water partition coefficient (Wildman–Crippen LogP) is 3.15. The molecule has 0 N–H and O–H groups in total. The fourth-order valence-electron chi connectivity index (χ4n) is 1.92. The van der Waals surface area contributed by atoms with Crippen molar-refractivity contribution in [2.24, 2.45) is 11.8 Å². The highest BCUT2D eigenvalue weighted by atomic mass is 19.1. The van der Waals surface area contributed by atoms with E-state index in [-0.39, 0.29) is 18.1 Å². The summed E-state index contributed by atoms with van der Waals surface area (Å²) in [4.78, 5) is 24.2. The second kappa shape index (κ2) is 6.45. The van der Waals surface area contributed by atoms with Crippen LogP contribution in [0, 0.1) is 24.6 Å². The van der Waals surface area contributed by atoms with Crippen molar-refractivity contribution in [2.75, 3.05) is 6.61 Å². The van der Waals surface area contributed by atoms with Gasteiger partial charge in [0.1, 0.15) is 11.7 Å². The molecule has 104 valence electrons. The van der Waals surface area contributed by atoms with Gasteiger partial charge in [-0.05, 0) is 31.4 Å². The van der Waals surface area contributed by atoms with E-state index in [2.05, 4.69) is 0 Å². The summed E-state index contributed by atoms with van der Waals surface area (Å²) in [5.74, 6) is -2.89. The van der Waals surface area contributed by atoms with E-state index in [1.54, 1.807) is 39.8 Å². The Bertz CT molecular complexity index is 480. The zero-order valence-electron chi connectivity index (χ0n) is 11.7. The SMILES string of the molecule is CCOC(=O)C(C(=O)c1cccc(C)c1F)C(C)C. The number of ether oxygens (including phenoxy) is 1. The topological polar surface area (TPSA) is 43.4 Å². The number of esters is 1. The van der Waals surface area contributed by atoms with E-state index in [0.717, 1.165) is 0 Å². The lowest BCUT2D eigenvalue weighted by atomic mass is 9.87. The third kappa shape index (κ3) is 3.40. The van der Waals surface area contributed by atoms with Crippen LogP contribution in [-0.2, 0) is 9.53 Å². The average Bonchev–Trinajstić information content (AvgIpc) is 2.32. The van der Waals surface area contributed by atoms with Crippen LogP contribution in [0.2, 0.25) is 0 Å². The van der Waals surface area contributed by atoms with E-state index in [9.17, 15) is 14.0 Å². The van der Waals surface area contributed by atoms with Gasteiger partial charge in [0.2, 0.25) is 0 Å². The third-order valence-corrected chi connectivity index (χ3v) is 2.95. The van der Waals surface area contributed by atoms with Crippen molar-refractivity contribution >= 4 is 11.8 Å². The van der Waals surface area contributed by atoms with Gasteiger partial charge in [0.15, 0.2) is 5.78 Å². The van der Waals surface area contributed by atoms with Gasteiger partial charge < -0.3 is 4.74 Å². The highest BCUT2D eigenvalue weighted by Crippen LogP contribution is 2.22. The molecule has 0 aliphatic rings. The lowest BCUT2D eigenvalue weighted by molar-refractivity contribution is -0.147. The molecule has 3 nitrogen and oxygen atoms in total. The monoisotopic (exact) mass is 266 g/mol.